The summed E-state index contributed by atoms with van der Waals surface area (Å²) in [5, 5.41) is 0. The number of nitrogens with two attached hydrogens (primary N) is 1. The van der Waals surface area contributed by atoms with E-state index in [9.17, 15) is 0 Å². The Kier molecular flexibility index (Phi) is 2.97. The van der Waals surface area contributed by atoms with Gasteiger partial charge in [0.1, 0.15) is 5.65 Å². The number of nitrogens with zero attached hydrogens (tertiary/aromatic N) is 2. The lowest BCUT2D eigenvalue weighted by Gasteiger charge is -2.19. The van der Waals surface area contributed by atoms with Gasteiger partial charge in [-0.25, -0.2) is 4.98 Å². The average molecular weight is 247 g/mol. The van der Waals surface area contributed by atoms with Crippen LogP contribution in [-0.4, -0.2) is 20.9 Å². The molecule has 3 nitrogen and oxygen atoms in total. The zero-order valence-electron chi connectivity index (χ0n) is 9.80. The van der Waals surface area contributed by atoms with Gasteiger partial charge in [0.25, 0.3) is 0 Å². The van der Waals surface area contributed by atoms with Crippen LogP contribution in [0.2, 0.25) is 0 Å². The molecule has 0 amide bonds. The van der Waals surface area contributed by atoms with Crippen LogP contribution in [0.15, 0.2) is 24.5 Å². The maximum atomic E-state index is 5.76. The van der Waals surface area contributed by atoms with Crippen LogP contribution in [0, 0.1) is 5.92 Å². The molecule has 2 N–H and O–H groups in total. The summed E-state index contributed by atoms with van der Waals surface area (Å²) in [5.41, 5.74) is 8.71. The van der Waals surface area contributed by atoms with E-state index in [1.165, 1.54) is 30.0 Å². The van der Waals surface area contributed by atoms with Crippen molar-refractivity contribution in [1.82, 2.24) is 9.38 Å². The Hall–Kier alpha value is -1.16. The third-order valence-corrected chi connectivity index (χ3v) is 4.42. The Labute approximate surface area is 105 Å². The van der Waals surface area contributed by atoms with E-state index < -0.39 is 0 Å². The molecule has 1 fully saturated rings. The van der Waals surface area contributed by atoms with Crippen molar-refractivity contribution in [3.63, 3.8) is 0 Å². The van der Waals surface area contributed by atoms with E-state index in [2.05, 4.69) is 27.3 Å². The van der Waals surface area contributed by atoms with Crippen molar-refractivity contribution >= 4 is 23.1 Å². The minimum absolute atomic E-state index is 0.781. The second-order valence-corrected chi connectivity index (χ2v) is 5.94. The molecular weight excluding hydrogens is 230 g/mol. The lowest BCUT2D eigenvalue weighted by molar-refractivity contribution is 0.483. The van der Waals surface area contributed by atoms with Crippen molar-refractivity contribution in [3.8, 4) is 0 Å². The van der Waals surface area contributed by atoms with Gasteiger partial charge < -0.3 is 10.1 Å². The van der Waals surface area contributed by atoms with Crippen LogP contribution in [0.4, 0.5) is 5.69 Å². The molecule has 0 saturated carbocycles. The zero-order valence-corrected chi connectivity index (χ0v) is 10.6. The predicted molar refractivity (Wildman–Crippen MR) is 73.4 cm³/mol. The summed E-state index contributed by atoms with van der Waals surface area (Å²) < 4.78 is 2.06. The molecule has 1 saturated heterocycles. The first-order valence-corrected chi connectivity index (χ1v) is 7.27. The van der Waals surface area contributed by atoms with Gasteiger partial charge in [-0.15, -0.1) is 0 Å². The first kappa shape index (κ1) is 11.0. The molecule has 0 spiro atoms. The van der Waals surface area contributed by atoms with Gasteiger partial charge in [-0.3, -0.25) is 0 Å². The molecule has 90 valence electrons. The van der Waals surface area contributed by atoms with E-state index in [1.807, 2.05) is 18.3 Å². The highest BCUT2D eigenvalue weighted by Crippen LogP contribution is 2.25. The standard InChI is InChI=1S/C13H17N3S/c14-11-1-4-16-9-12(15-13(16)8-11)7-10-2-5-17-6-3-10/h1,4,8-10H,2-3,5-7,14H2. The van der Waals surface area contributed by atoms with Crippen molar-refractivity contribution in [2.75, 3.05) is 17.2 Å². The van der Waals surface area contributed by atoms with Crippen LogP contribution in [-0.2, 0) is 6.42 Å². The Morgan fingerprint density at radius 2 is 2.24 bits per heavy atom. The van der Waals surface area contributed by atoms with E-state index in [0.29, 0.717) is 0 Å². The van der Waals surface area contributed by atoms with E-state index in [0.717, 1.165) is 23.7 Å². The quantitative estimate of drug-likeness (QED) is 0.887. The normalized spacial score (nSPS) is 17.6. The number of anilines is 1. The number of fused-ring (bicyclic) bond motifs is 1. The summed E-state index contributed by atoms with van der Waals surface area (Å²) in [6.07, 6.45) is 7.90. The highest BCUT2D eigenvalue weighted by Gasteiger charge is 2.15. The van der Waals surface area contributed by atoms with Gasteiger partial charge in [0.2, 0.25) is 0 Å². The van der Waals surface area contributed by atoms with Crippen LogP contribution >= 0.6 is 11.8 Å². The van der Waals surface area contributed by atoms with Gasteiger partial charge in [0.05, 0.1) is 5.69 Å². The molecule has 0 bridgehead atoms. The number of aromatic nitrogens is 2. The van der Waals surface area contributed by atoms with Crippen LogP contribution in [0.1, 0.15) is 18.5 Å². The second kappa shape index (κ2) is 4.61. The fourth-order valence-electron chi connectivity index (χ4n) is 2.39. The van der Waals surface area contributed by atoms with Crippen molar-refractivity contribution in [3.05, 3.63) is 30.2 Å². The maximum absolute atomic E-state index is 5.76. The van der Waals surface area contributed by atoms with Crippen LogP contribution < -0.4 is 5.73 Å². The summed E-state index contributed by atoms with van der Waals surface area (Å²) in [4.78, 5) is 4.64. The van der Waals surface area contributed by atoms with Crippen molar-refractivity contribution in [2.24, 2.45) is 5.92 Å². The molecule has 4 heteroatoms. The third-order valence-electron chi connectivity index (χ3n) is 3.37. The lowest BCUT2D eigenvalue weighted by Crippen LogP contribution is -2.12. The van der Waals surface area contributed by atoms with Crippen LogP contribution in [0.5, 0.6) is 0 Å². The minimum Gasteiger partial charge on any atom is -0.399 e. The topological polar surface area (TPSA) is 43.3 Å². The Morgan fingerprint density at radius 3 is 3.06 bits per heavy atom. The van der Waals surface area contributed by atoms with Gasteiger partial charge in [-0.05, 0) is 42.8 Å². The molecule has 2 aromatic rings. The Bertz CT molecular complexity index is 514. The Balaban J connectivity index is 1.80. The number of imidazole rings is 1. The van der Waals surface area contributed by atoms with Gasteiger partial charge >= 0.3 is 0 Å². The van der Waals surface area contributed by atoms with E-state index in [4.69, 9.17) is 5.73 Å². The smallest absolute Gasteiger partial charge is 0.139 e. The third kappa shape index (κ3) is 2.41. The summed E-state index contributed by atoms with van der Waals surface area (Å²) in [7, 11) is 0. The van der Waals surface area contributed by atoms with Gasteiger partial charge in [-0.1, -0.05) is 0 Å². The molecule has 0 radical (unpaired) electrons. The molecule has 1 aliphatic heterocycles. The van der Waals surface area contributed by atoms with Crippen LogP contribution in [0.3, 0.4) is 0 Å². The number of pyridine rings is 1. The maximum Gasteiger partial charge on any atom is 0.139 e. The van der Waals surface area contributed by atoms with Crippen molar-refractivity contribution in [2.45, 2.75) is 19.3 Å². The van der Waals surface area contributed by atoms with E-state index >= 15 is 0 Å². The van der Waals surface area contributed by atoms with Gasteiger partial charge in [0.15, 0.2) is 0 Å². The number of hydrogen-bond donors (Lipinski definition) is 1. The Morgan fingerprint density at radius 1 is 1.41 bits per heavy atom. The molecule has 3 rings (SSSR count). The average Bonchev–Trinajstić information content (AvgIpc) is 2.71. The molecule has 3 heterocycles. The highest BCUT2D eigenvalue weighted by atomic mass is 32.2. The first-order valence-electron chi connectivity index (χ1n) is 6.12. The first-order chi connectivity index (χ1) is 8.31. The number of nitrogen functional groups attached to an aromatic ring is 1. The molecular formula is C13H17N3S. The largest absolute Gasteiger partial charge is 0.399 e. The van der Waals surface area contributed by atoms with Crippen molar-refractivity contribution in [1.29, 1.82) is 0 Å². The highest BCUT2D eigenvalue weighted by molar-refractivity contribution is 7.99. The molecule has 17 heavy (non-hydrogen) atoms. The predicted octanol–water partition coefficient (Wildman–Crippen LogP) is 2.60. The SMILES string of the molecule is Nc1ccn2cc(CC3CCSCC3)nc2c1. The van der Waals surface area contributed by atoms with Crippen LogP contribution in [0.25, 0.3) is 5.65 Å². The second-order valence-electron chi connectivity index (χ2n) is 4.72. The van der Waals surface area contributed by atoms with E-state index in [1.54, 1.807) is 0 Å². The number of thioether (sulfide) groups is 1. The monoisotopic (exact) mass is 247 g/mol. The zero-order chi connectivity index (χ0) is 11.7. The molecule has 0 unspecified atom stereocenters. The molecule has 2 aromatic heterocycles. The summed E-state index contributed by atoms with van der Waals surface area (Å²) >= 11 is 2.07. The fraction of sp³-hybridized carbons (Fsp3) is 0.462. The molecule has 0 atom stereocenters. The van der Waals surface area contributed by atoms with Crippen molar-refractivity contribution < 1.29 is 0 Å². The molecule has 0 aliphatic carbocycles. The molecule has 0 aromatic carbocycles. The number of hydrogen-bond acceptors (Lipinski definition) is 3. The van der Waals surface area contributed by atoms with Gasteiger partial charge in [0, 0.05) is 24.1 Å². The van der Waals surface area contributed by atoms with Gasteiger partial charge in [-0.2, -0.15) is 11.8 Å². The summed E-state index contributed by atoms with van der Waals surface area (Å²) in [6.45, 7) is 0. The lowest BCUT2D eigenvalue weighted by atomic mass is 9.97. The summed E-state index contributed by atoms with van der Waals surface area (Å²) in [6, 6.07) is 3.84. The number of rotatable bonds is 2. The fourth-order valence-corrected chi connectivity index (χ4v) is 3.60. The minimum atomic E-state index is 0.781. The van der Waals surface area contributed by atoms with E-state index in [-0.39, 0.29) is 0 Å². The molecule has 1 aliphatic rings. The summed E-state index contributed by atoms with van der Waals surface area (Å²) in [5.74, 6) is 3.44.